The predicted octanol–water partition coefficient (Wildman–Crippen LogP) is 2.19. The third-order valence-corrected chi connectivity index (χ3v) is 5.11. The van der Waals surface area contributed by atoms with Crippen molar-refractivity contribution in [1.29, 1.82) is 0 Å². The molecule has 3 N–H and O–H groups in total. The maximum atomic E-state index is 12.7. The summed E-state index contributed by atoms with van der Waals surface area (Å²) in [5, 5.41) is 2.16. The number of carbonyl (C=O) groups excluding carboxylic acids is 1. The van der Waals surface area contributed by atoms with Crippen molar-refractivity contribution in [2.24, 2.45) is 11.1 Å². The Hall–Kier alpha value is -0.610. The standard InChI is InChI=1S/C15H29N3O/c1-12-7-6-8-13(2)18(12)17-14(19)15(11-16)9-4-3-5-10-15/h12-13H,3-11,16H2,1-2H3,(H,17,19). The Morgan fingerprint density at radius 1 is 1.16 bits per heavy atom. The average molecular weight is 267 g/mol. The van der Waals surface area contributed by atoms with Crippen molar-refractivity contribution in [3.63, 3.8) is 0 Å². The highest BCUT2D eigenvalue weighted by atomic mass is 16.2. The van der Waals surface area contributed by atoms with Gasteiger partial charge in [0, 0.05) is 18.6 Å². The lowest BCUT2D eigenvalue weighted by Gasteiger charge is -2.42. The van der Waals surface area contributed by atoms with Crippen LogP contribution >= 0.6 is 0 Å². The first-order valence-corrected chi connectivity index (χ1v) is 7.88. The average Bonchev–Trinajstić information content (AvgIpc) is 2.43. The first-order chi connectivity index (χ1) is 9.09. The summed E-state index contributed by atoms with van der Waals surface area (Å²) in [4.78, 5) is 12.7. The van der Waals surface area contributed by atoms with Crippen LogP contribution in [0.1, 0.15) is 65.2 Å². The molecule has 2 fully saturated rings. The van der Waals surface area contributed by atoms with Gasteiger partial charge in [-0.3, -0.25) is 10.2 Å². The molecule has 2 rings (SSSR count). The molecular weight excluding hydrogens is 238 g/mol. The maximum Gasteiger partial charge on any atom is 0.241 e. The number of nitrogens with one attached hydrogen (secondary N) is 1. The fourth-order valence-electron chi connectivity index (χ4n) is 3.63. The second-order valence-corrected chi connectivity index (χ2v) is 6.52. The van der Waals surface area contributed by atoms with Gasteiger partial charge in [-0.25, -0.2) is 5.01 Å². The molecular formula is C15H29N3O. The molecule has 4 nitrogen and oxygen atoms in total. The third-order valence-electron chi connectivity index (χ3n) is 5.11. The first-order valence-electron chi connectivity index (χ1n) is 7.88. The number of nitrogens with two attached hydrogens (primary N) is 1. The molecule has 0 aromatic rings. The quantitative estimate of drug-likeness (QED) is 0.824. The van der Waals surface area contributed by atoms with Crippen molar-refractivity contribution in [3.05, 3.63) is 0 Å². The summed E-state index contributed by atoms with van der Waals surface area (Å²) in [5.41, 5.74) is 8.82. The SMILES string of the molecule is CC1CCCC(C)N1NC(=O)C1(CN)CCCCC1. The van der Waals surface area contributed by atoms with E-state index in [1.165, 1.54) is 25.7 Å². The Morgan fingerprint density at radius 3 is 2.26 bits per heavy atom. The van der Waals surface area contributed by atoms with E-state index in [0.717, 1.165) is 25.7 Å². The van der Waals surface area contributed by atoms with Crippen LogP contribution in [0.25, 0.3) is 0 Å². The van der Waals surface area contributed by atoms with E-state index in [0.29, 0.717) is 18.6 Å². The normalized spacial score (nSPS) is 31.9. The topological polar surface area (TPSA) is 58.4 Å². The fraction of sp³-hybridized carbons (Fsp3) is 0.933. The Morgan fingerprint density at radius 2 is 1.74 bits per heavy atom. The molecule has 19 heavy (non-hydrogen) atoms. The summed E-state index contributed by atoms with van der Waals surface area (Å²) < 4.78 is 0. The number of nitrogens with zero attached hydrogens (tertiary/aromatic N) is 1. The van der Waals surface area contributed by atoms with Crippen LogP contribution in [0.4, 0.5) is 0 Å². The van der Waals surface area contributed by atoms with Gasteiger partial charge in [0.05, 0.1) is 5.41 Å². The Labute approximate surface area is 117 Å². The van der Waals surface area contributed by atoms with Crippen molar-refractivity contribution in [2.45, 2.75) is 77.3 Å². The molecule has 1 amide bonds. The Kier molecular flexibility index (Phi) is 4.85. The van der Waals surface area contributed by atoms with Crippen LogP contribution in [0.15, 0.2) is 0 Å². The smallest absolute Gasteiger partial charge is 0.241 e. The predicted molar refractivity (Wildman–Crippen MR) is 77.3 cm³/mol. The molecule has 1 saturated heterocycles. The van der Waals surface area contributed by atoms with Crippen LogP contribution in [-0.4, -0.2) is 29.5 Å². The van der Waals surface area contributed by atoms with Crippen molar-refractivity contribution in [1.82, 2.24) is 10.4 Å². The summed E-state index contributed by atoms with van der Waals surface area (Å²) >= 11 is 0. The van der Waals surface area contributed by atoms with Crippen molar-refractivity contribution in [2.75, 3.05) is 6.54 Å². The monoisotopic (exact) mass is 267 g/mol. The van der Waals surface area contributed by atoms with E-state index >= 15 is 0 Å². The Bertz CT molecular complexity index is 303. The molecule has 2 atom stereocenters. The molecule has 0 aromatic heterocycles. The van der Waals surface area contributed by atoms with Gasteiger partial charge in [0.15, 0.2) is 0 Å². The minimum Gasteiger partial charge on any atom is -0.329 e. The number of carbonyl (C=O) groups is 1. The molecule has 2 unspecified atom stereocenters. The zero-order valence-corrected chi connectivity index (χ0v) is 12.5. The zero-order chi connectivity index (χ0) is 13.9. The van der Waals surface area contributed by atoms with E-state index < -0.39 is 0 Å². The number of rotatable bonds is 3. The summed E-state index contributed by atoms with van der Waals surface area (Å²) in [5.74, 6) is 0.162. The van der Waals surface area contributed by atoms with Gasteiger partial charge in [0.2, 0.25) is 5.91 Å². The molecule has 1 saturated carbocycles. The molecule has 0 spiro atoms. The molecule has 0 radical (unpaired) electrons. The van der Waals surface area contributed by atoms with Gasteiger partial charge in [0.25, 0.3) is 0 Å². The molecule has 0 bridgehead atoms. The minimum absolute atomic E-state index is 0.162. The lowest BCUT2D eigenvalue weighted by Crippen LogP contribution is -2.59. The zero-order valence-electron chi connectivity index (χ0n) is 12.5. The largest absolute Gasteiger partial charge is 0.329 e. The molecule has 2 aliphatic rings. The van der Waals surface area contributed by atoms with E-state index in [9.17, 15) is 4.79 Å². The molecule has 110 valence electrons. The number of hydrogen-bond acceptors (Lipinski definition) is 3. The Balaban J connectivity index is 2.02. The highest BCUT2D eigenvalue weighted by Gasteiger charge is 2.40. The number of piperidine rings is 1. The third kappa shape index (κ3) is 3.11. The van der Waals surface area contributed by atoms with Crippen LogP contribution in [0.5, 0.6) is 0 Å². The lowest BCUT2D eigenvalue weighted by molar-refractivity contribution is -0.141. The highest BCUT2D eigenvalue weighted by molar-refractivity contribution is 5.82. The number of hydrazine groups is 1. The van der Waals surface area contributed by atoms with Crippen LogP contribution in [0, 0.1) is 5.41 Å². The van der Waals surface area contributed by atoms with Gasteiger partial charge < -0.3 is 5.73 Å². The van der Waals surface area contributed by atoms with Gasteiger partial charge in [-0.2, -0.15) is 0 Å². The van der Waals surface area contributed by atoms with Gasteiger partial charge in [-0.15, -0.1) is 0 Å². The summed E-state index contributed by atoms with van der Waals surface area (Å²) in [6, 6.07) is 0.872. The second kappa shape index (κ2) is 6.23. The van der Waals surface area contributed by atoms with Crippen LogP contribution < -0.4 is 11.2 Å². The minimum atomic E-state index is -0.310. The second-order valence-electron chi connectivity index (χ2n) is 6.52. The summed E-state index contributed by atoms with van der Waals surface area (Å²) in [6.07, 6.45) is 9.01. The van der Waals surface area contributed by atoms with Gasteiger partial charge in [0.1, 0.15) is 0 Å². The van der Waals surface area contributed by atoms with E-state index in [1.807, 2.05) is 0 Å². The van der Waals surface area contributed by atoms with E-state index in [4.69, 9.17) is 5.73 Å². The summed E-state index contributed by atoms with van der Waals surface area (Å²) in [6.45, 7) is 4.88. The first kappa shape index (κ1) is 14.8. The molecule has 1 aliphatic carbocycles. The molecule has 0 aromatic carbocycles. The van der Waals surface area contributed by atoms with E-state index in [2.05, 4.69) is 24.3 Å². The lowest BCUT2D eigenvalue weighted by atomic mass is 9.73. The van der Waals surface area contributed by atoms with Gasteiger partial charge >= 0.3 is 0 Å². The fourth-order valence-corrected chi connectivity index (χ4v) is 3.63. The maximum absolute atomic E-state index is 12.7. The van der Waals surface area contributed by atoms with Crippen LogP contribution in [0.3, 0.4) is 0 Å². The van der Waals surface area contributed by atoms with Crippen molar-refractivity contribution >= 4 is 5.91 Å². The van der Waals surface area contributed by atoms with Gasteiger partial charge in [-0.1, -0.05) is 25.7 Å². The van der Waals surface area contributed by atoms with Gasteiger partial charge in [-0.05, 0) is 39.5 Å². The number of amides is 1. The van der Waals surface area contributed by atoms with Crippen molar-refractivity contribution < 1.29 is 4.79 Å². The molecule has 1 heterocycles. The molecule has 4 heteroatoms. The van der Waals surface area contributed by atoms with Crippen LogP contribution in [0.2, 0.25) is 0 Å². The highest BCUT2D eigenvalue weighted by Crippen LogP contribution is 2.36. The molecule has 1 aliphatic heterocycles. The van der Waals surface area contributed by atoms with E-state index in [-0.39, 0.29) is 11.3 Å². The van der Waals surface area contributed by atoms with E-state index in [1.54, 1.807) is 0 Å². The van der Waals surface area contributed by atoms with Crippen LogP contribution in [-0.2, 0) is 4.79 Å². The van der Waals surface area contributed by atoms with Crippen molar-refractivity contribution in [3.8, 4) is 0 Å². The summed E-state index contributed by atoms with van der Waals surface area (Å²) in [7, 11) is 0. The number of hydrogen-bond donors (Lipinski definition) is 2.